The van der Waals surface area contributed by atoms with Gasteiger partial charge >= 0.3 is 0 Å². The van der Waals surface area contributed by atoms with E-state index in [-0.39, 0.29) is 7.43 Å². The average molecular weight is 1650 g/mol. The zero-order valence-corrected chi connectivity index (χ0v) is 79.0. The Hall–Kier alpha value is -3.24. The van der Waals surface area contributed by atoms with E-state index in [0.717, 1.165) is 11.8 Å². The van der Waals surface area contributed by atoms with Crippen molar-refractivity contribution in [2.45, 2.75) is 379 Å². The predicted octanol–water partition coefficient (Wildman–Crippen LogP) is 36.1. The molecular weight excluding hydrogens is 1480 g/mol. The molecule has 0 nitrogen and oxygen atoms in total. The van der Waals surface area contributed by atoms with E-state index in [9.17, 15) is 0 Å². The van der Waals surface area contributed by atoms with Gasteiger partial charge in [-0.25, -0.2) is 0 Å². The molecule has 0 fully saturated rings. The van der Waals surface area contributed by atoms with E-state index < -0.39 is 0 Å². The predicted molar refractivity (Wildman–Crippen MR) is 493 cm³/mol. The molecule has 600 valence electrons. The standard InChI is InChI=1S/C38H62.C26H38.C19H31Br.C19H32.CH4.Br2/c1-14-37(10,11)26-33(24-35(4,5)6)30-20-17-29(18-21-30)22-32-23-31(19-16-28(32)3)34(25-36(7,8)9)27-38(12,13)15-2;1-7-25(3,4)19-24(23-16-12-9-13-17-23)20-26(5,6)18-21(2)22-14-10-8-11-15-22;1-7-19(5,6)13-17(12-18(2,3)4)16-10-8-15(14-20)9-11-16;1-8-19(6,7)14-17(13-18(3,4)5)16-11-9-15(2)10-12-16;;1-2/h16-21,23,33-34H,14-15,22,24-27H2,1-13H3;8-17,21,24H,7,18-20H2,1-6H3;8-11,17H,7,12-14H2,1-6H3;9-12,17H,8,13-14H2,1-7H3;1H4;. The third-order valence-electron chi connectivity index (χ3n) is 23.4. The summed E-state index contributed by atoms with van der Waals surface area (Å²) in [5.74, 6) is 3.78. The Morgan fingerprint density at radius 1 is 0.283 bits per heavy atom. The maximum Gasteiger partial charge on any atom is 0.0283 e. The van der Waals surface area contributed by atoms with Crippen LogP contribution in [0.2, 0.25) is 0 Å². The first-order valence-corrected chi connectivity index (χ1v) is 46.3. The van der Waals surface area contributed by atoms with Gasteiger partial charge in [0.05, 0.1) is 0 Å². The van der Waals surface area contributed by atoms with Gasteiger partial charge in [-0.2, -0.15) is 0 Å². The van der Waals surface area contributed by atoms with Crippen LogP contribution in [0.25, 0.3) is 0 Å². The van der Waals surface area contributed by atoms with Crippen molar-refractivity contribution in [3.8, 4) is 0 Å². The Kier molecular flexibility index (Phi) is 43.2. The van der Waals surface area contributed by atoms with Gasteiger partial charge in [0, 0.05) is 33.6 Å². The van der Waals surface area contributed by atoms with Gasteiger partial charge in [-0.05, 0) is 236 Å². The van der Waals surface area contributed by atoms with E-state index in [2.05, 4.69) is 417 Å². The summed E-state index contributed by atoms with van der Waals surface area (Å²) in [5, 5.41) is 0.942. The summed E-state index contributed by atoms with van der Waals surface area (Å²) in [7, 11) is 0. The van der Waals surface area contributed by atoms with Crippen LogP contribution in [0.3, 0.4) is 0 Å². The highest BCUT2D eigenvalue weighted by atomic mass is 80.9. The Labute approximate surface area is 684 Å². The molecule has 6 aromatic carbocycles. The quantitative estimate of drug-likeness (QED) is 0.0369. The van der Waals surface area contributed by atoms with E-state index in [1.807, 2.05) is 0 Å². The van der Waals surface area contributed by atoms with Crippen LogP contribution >= 0.6 is 44.2 Å². The van der Waals surface area contributed by atoms with Crippen LogP contribution in [0.1, 0.15) is 415 Å². The van der Waals surface area contributed by atoms with Gasteiger partial charge in [0.2, 0.25) is 0 Å². The number of halogens is 3. The SMILES string of the molecule is BrBr.C.CCC(C)(C)CC(CC(C)(C)C)c1ccc(C)cc1.CCC(C)(C)CC(CC(C)(C)C)c1ccc(CBr)cc1.CCC(C)(C)CC(CC(C)(C)C)c1ccc(Cc2cc(C(CC(C)(C)C)CC(C)(C)CC)ccc2C)cc1.CCC(C)(C)CC(CC(C)(C)CC(C)c1ccccc1)c1ccccc1. The number of hydrogen-bond donors (Lipinski definition) is 0. The first-order valence-electron chi connectivity index (χ1n) is 41.5. The molecule has 3 heteroatoms. The first kappa shape index (κ1) is 101. The highest BCUT2D eigenvalue weighted by Crippen LogP contribution is 2.48. The fourth-order valence-electron chi connectivity index (χ4n) is 15.7. The number of aryl methyl sites for hydroxylation is 2. The molecular formula is C103H167Br3. The minimum absolute atomic E-state index is 0. The monoisotopic (exact) mass is 1640 g/mol. The van der Waals surface area contributed by atoms with Crippen molar-refractivity contribution in [2.75, 3.05) is 0 Å². The maximum atomic E-state index is 3.53. The summed E-state index contributed by atoms with van der Waals surface area (Å²) in [4.78, 5) is 0. The fraction of sp³-hybridized carbons (Fsp3) is 0.650. The van der Waals surface area contributed by atoms with E-state index in [4.69, 9.17) is 0 Å². The van der Waals surface area contributed by atoms with Crippen molar-refractivity contribution in [2.24, 2.45) is 54.1 Å². The third kappa shape index (κ3) is 41.3. The van der Waals surface area contributed by atoms with Crippen molar-refractivity contribution in [3.05, 3.63) is 213 Å². The molecule has 0 bridgehead atoms. The van der Waals surface area contributed by atoms with Crippen LogP contribution in [0, 0.1) is 68.0 Å². The first-order chi connectivity index (χ1) is 48.3. The zero-order chi connectivity index (χ0) is 80.2. The van der Waals surface area contributed by atoms with Crippen LogP contribution in [0.4, 0.5) is 0 Å². The van der Waals surface area contributed by atoms with Crippen LogP contribution in [0.15, 0.2) is 152 Å². The van der Waals surface area contributed by atoms with Crippen molar-refractivity contribution >= 4 is 44.2 Å². The summed E-state index contributed by atoms with van der Waals surface area (Å²) in [6.07, 6.45) is 21.0. The second kappa shape index (κ2) is 45.5. The molecule has 106 heavy (non-hydrogen) atoms. The highest BCUT2D eigenvalue weighted by molar-refractivity contribution is 9.93. The highest BCUT2D eigenvalue weighted by Gasteiger charge is 2.34. The Balaban J connectivity index is 0.000000727. The minimum atomic E-state index is 0. The molecule has 0 heterocycles. The van der Waals surface area contributed by atoms with Crippen molar-refractivity contribution in [1.29, 1.82) is 0 Å². The second-order valence-electron chi connectivity index (χ2n) is 42.3. The molecule has 0 radical (unpaired) electrons. The summed E-state index contributed by atoms with van der Waals surface area (Å²) in [6.45, 7) is 76.0. The number of rotatable bonds is 32. The average Bonchev–Trinajstić information content (AvgIpc) is 0.775. The molecule has 6 aromatic rings. The lowest BCUT2D eigenvalue weighted by Gasteiger charge is -2.36. The lowest BCUT2D eigenvalue weighted by atomic mass is 9.69. The topological polar surface area (TPSA) is 0 Å². The number of alkyl halides is 1. The van der Waals surface area contributed by atoms with Gasteiger partial charge in [0.1, 0.15) is 0 Å². The lowest BCUT2D eigenvalue weighted by Crippen LogP contribution is -2.22. The molecule has 6 atom stereocenters. The normalized spacial score (nSPS) is 14.4. The summed E-state index contributed by atoms with van der Waals surface area (Å²) < 4.78 is 0. The van der Waals surface area contributed by atoms with E-state index in [1.165, 1.54) is 164 Å². The molecule has 0 N–H and O–H groups in total. The van der Waals surface area contributed by atoms with Crippen LogP contribution in [0.5, 0.6) is 0 Å². The molecule has 0 aliphatic heterocycles. The zero-order valence-electron chi connectivity index (χ0n) is 74.3. The van der Waals surface area contributed by atoms with E-state index >= 15 is 0 Å². The molecule has 6 unspecified atom stereocenters. The van der Waals surface area contributed by atoms with Gasteiger partial charge in [0.25, 0.3) is 0 Å². The maximum absolute atomic E-state index is 3.53. The van der Waals surface area contributed by atoms with E-state index in [0.29, 0.717) is 89.7 Å². The van der Waals surface area contributed by atoms with Gasteiger partial charge in [0.15, 0.2) is 0 Å². The fourth-order valence-corrected chi connectivity index (χ4v) is 16.1. The molecule has 0 saturated carbocycles. The third-order valence-corrected chi connectivity index (χ3v) is 24.0. The smallest absolute Gasteiger partial charge is 0.0283 e. The lowest BCUT2D eigenvalue weighted by molar-refractivity contribution is 0.215. The molecule has 0 aliphatic rings. The molecule has 0 amide bonds. The Morgan fingerprint density at radius 2 is 0.538 bits per heavy atom. The molecule has 0 spiro atoms. The summed E-state index contributed by atoms with van der Waals surface area (Å²) in [6, 6.07) is 57.5. The van der Waals surface area contributed by atoms with Crippen molar-refractivity contribution < 1.29 is 0 Å². The van der Waals surface area contributed by atoms with Crippen LogP contribution in [-0.4, -0.2) is 0 Å². The molecule has 0 aromatic heterocycles. The Morgan fingerprint density at radius 3 is 0.840 bits per heavy atom. The second-order valence-corrected chi connectivity index (χ2v) is 42.9. The molecule has 0 aliphatic carbocycles. The summed E-state index contributed by atoms with van der Waals surface area (Å²) in [5.41, 5.74) is 19.8. The Bertz CT molecular complexity index is 3270. The minimum Gasteiger partial charge on any atom is -0.0876 e. The van der Waals surface area contributed by atoms with E-state index in [1.54, 1.807) is 0 Å². The van der Waals surface area contributed by atoms with Crippen LogP contribution in [-0.2, 0) is 11.8 Å². The van der Waals surface area contributed by atoms with Gasteiger partial charge in [-0.1, -0.05) is 420 Å². The number of hydrogen-bond acceptors (Lipinski definition) is 0. The van der Waals surface area contributed by atoms with Crippen LogP contribution < -0.4 is 0 Å². The van der Waals surface area contributed by atoms with Crippen molar-refractivity contribution in [3.63, 3.8) is 0 Å². The number of benzene rings is 6. The van der Waals surface area contributed by atoms with Crippen molar-refractivity contribution in [1.82, 2.24) is 0 Å². The van der Waals surface area contributed by atoms with Gasteiger partial charge in [-0.3, -0.25) is 0 Å². The van der Waals surface area contributed by atoms with Gasteiger partial charge < -0.3 is 0 Å². The molecule has 0 saturated heterocycles. The largest absolute Gasteiger partial charge is 0.0876 e. The van der Waals surface area contributed by atoms with Gasteiger partial charge in [-0.15, -0.1) is 0 Å². The molecule has 6 rings (SSSR count). The summed E-state index contributed by atoms with van der Waals surface area (Å²) >= 11 is 9.03.